The Morgan fingerprint density at radius 3 is 2.80 bits per heavy atom. The van der Waals surface area contributed by atoms with Crippen LogP contribution >= 0.6 is 0 Å². The van der Waals surface area contributed by atoms with E-state index in [1.165, 1.54) is 12.7 Å². The third-order valence-corrected chi connectivity index (χ3v) is 2.61. The Bertz CT molecular complexity index is 526. The average molecular weight is 203 g/mol. The zero-order valence-corrected chi connectivity index (χ0v) is 9.07. The van der Waals surface area contributed by atoms with Crippen molar-refractivity contribution in [1.29, 1.82) is 0 Å². The highest BCUT2D eigenvalue weighted by atomic mass is 16.5. The molecule has 0 radical (unpaired) electrons. The first-order valence-corrected chi connectivity index (χ1v) is 4.78. The SMILES string of the molecule is COC(=O)c1cccc2c(C)cn(C)c12. The number of nitrogens with zero attached hydrogens (tertiary/aromatic N) is 1. The number of esters is 1. The van der Waals surface area contributed by atoms with Gasteiger partial charge in [0.25, 0.3) is 0 Å². The van der Waals surface area contributed by atoms with Gasteiger partial charge in [0, 0.05) is 18.6 Å². The fraction of sp³-hybridized carbons (Fsp3) is 0.250. The number of benzene rings is 1. The van der Waals surface area contributed by atoms with Crippen LogP contribution in [0.15, 0.2) is 24.4 Å². The topological polar surface area (TPSA) is 31.2 Å². The summed E-state index contributed by atoms with van der Waals surface area (Å²) < 4.78 is 6.71. The molecule has 3 heteroatoms. The molecule has 0 saturated heterocycles. The van der Waals surface area contributed by atoms with E-state index in [2.05, 4.69) is 0 Å². The van der Waals surface area contributed by atoms with Crippen LogP contribution in [-0.2, 0) is 11.8 Å². The van der Waals surface area contributed by atoms with Crippen LogP contribution in [0.1, 0.15) is 15.9 Å². The molecule has 0 aliphatic carbocycles. The highest BCUT2D eigenvalue weighted by Crippen LogP contribution is 2.23. The maximum Gasteiger partial charge on any atom is 0.340 e. The molecule has 0 atom stereocenters. The van der Waals surface area contributed by atoms with Crippen LogP contribution in [0.25, 0.3) is 10.9 Å². The largest absolute Gasteiger partial charge is 0.465 e. The van der Waals surface area contributed by atoms with Gasteiger partial charge < -0.3 is 9.30 Å². The molecule has 1 aromatic heterocycles. The third kappa shape index (κ3) is 1.40. The minimum absolute atomic E-state index is 0.290. The Hall–Kier alpha value is -1.77. The quantitative estimate of drug-likeness (QED) is 0.666. The number of rotatable bonds is 1. The maximum atomic E-state index is 11.6. The van der Waals surface area contributed by atoms with Crippen molar-refractivity contribution in [3.63, 3.8) is 0 Å². The van der Waals surface area contributed by atoms with Crippen molar-refractivity contribution in [1.82, 2.24) is 4.57 Å². The first-order chi connectivity index (χ1) is 7.15. The summed E-state index contributed by atoms with van der Waals surface area (Å²) >= 11 is 0. The fourth-order valence-corrected chi connectivity index (χ4v) is 1.94. The van der Waals surface area contributed by atoms with Gasteiger partial charge in [0.05, 0.1) is 18.2 Å². The summed E-state index contributed by atoms with van der Waals surface area (Å²) in [6.07, 6.45) is 2.01. The van der Waals surface area contributed by atoms with Gasteiger partial charge in [-0.25, -0.2) is 4.79 Å². The molecule has 15 heavy (non-hydrogen) atoms. The van der Waals surface area contributed by atoms with Crippen LogP contribution in [-0.4, -0.2) is 17.6 Å². The molecule has 0 bridgehead atoms. The van der Waals surface area contributed by atoms with Crippen molar-refractivity contribution in [2.45, 2.75) is 6.92 Å². The number of hydrogen-bond acceptors (Lipinski definition) is 2. The molecule has 0 fully saturated rings. The molecule has 2 aromatic rings. The molecule has 0 aliphatic heterocycles. The standard InChI is InChI=1S/C12H13NO2/c1-8-7-13(2)11-9(8)5-4-6-10(11)12(14)15-3/h4-7H,1-3H3. The van der Waals surface area contributed by atoms with Crippen molar-refractivity contribution in [2.75, 3.05) is 7.11 Å². The van der Waals surface area contributed by atoms with Crippen LogP contribution in [0.4, 0.5) is 0 Å². The number of ether oxygens (including phenoxy) is 1. The van der Waals surface area contributed by atoms with Gasteiger partial charge in [-0.1, -0.05) is 12.1 Å². The monoisotopic (exact) mass is 203 g/mol. The molecule has 1 heterocycles. The second-order valence-electron chi connectivity index (χ2n) is 3.62. The Balaban J connectivity index is 2.80. The number of carbonyl (C=O) groups is 1. The normalized spacial score (nSPS) is 10.6. The van der Waals surface area contributed by atoms with Crippen LogP contribution in [0.5, 0.6) is 0 Å². The number of aromatic nitrogens is 1. The highest BCUT2D eigenvalue weighted by molar-refractivity contribution is 6.04. The Kier molecular flexibility index (Phi) is 2.23. The summed E-state index contributed by atoms with van der Waals surface area (Å²) in [5.41, 5.74) is 2.71. The van der Waals surface area contributed by atoms with E-state index < -0.39 is 0 Å². The maximum absolute atomic E-state index is 11.6. The number of methoxy groups -OCH3 is 1. The highest BCUT2D eigenvalue weighted by Gasteiger charge is 2.13. The molecule has 0 amide bonds. The molecule has 0 unspecified atom stereocenters. The predicted molar refractivity (Wildman–Crippen MR) is 59.0 cm³/mol. The zero-order chi connectivity index (χ0) is 11.0. The van der Waals surface area contributed by atoms with E-state index in [1.54, 1.807) is 6.07 Å². The second kappa shape index (κ2) is 3.42. The first kappa shape index (κ1) is 9.77. The van der Waals surface area contributed by atoms with Gasteiger partial charge in [0.1, 0.15) is 0 Å². The number of aryl methyl sites for hydroxylation is 2. The molecular weight excluding hydrogens is 190 g/mol. The molecule has 0 aliphatic rings. The molecule has 0 N–H and O–H groups in total. The summed E-state index contributed by atoms with van der Waals surface area (Å²) in [7, 11) is 3.33. The Morgan fingerprint density at radius 1 is 1.40 bits per heavy atom. The van der Waals surface area contributed by atoms with Crippen LogP contribution in [0.2, 0.25) is 0 Å². The number of carbonyl (C=O) groups excluding carboxylic acids is 1. The van der Waals surface area contributed by atoms with Crippen LogP contribution < -0.4 is 0 Å². The van der Waals surface area contributed by atoms with Crippen LogP contribution in [0, 0.1) is 6.92 Å². The van der Waals surface area contributed by atoms with Gasteiger partial charge in [-0.3, -0.25) is 0 Å². The fourth-order valence-electron chi connectivity index (χ4n) is 1.94. The van der Waals surface area contributed by atoms with Crippen molar-refractivity contribution in [2.24, 2.45) is 7.05 Å². The molecule has 78 valence electrons. The van der Waals surface area contributed by atoms with E-state index in [-0.39, 0.29) is 5.97 Å². The van der Waals surface area contributed by atoms with Crippen molar-refractivity contribution in [3.05, 3.63) is 35.5 Å². The van der Waals surface area contributed by atoms with E-state index in [1.807, 2.05) is 36.9 Å². The van der Waals surface area contributed by atoms with E-state index in [0.29, 0.717) is 5.56 Å². The molecule has 3 nitrogen and oxygen atoms in total. The van der Waals surface area contributed by atoms with Crippen LogP contribution in [0.3, 0.4) is 0 Å². The van der Waals surface area contributed by atoms with E-state index >= 15 is 0 Å². The van der Waals surface area contributed by atoms with Gasteiger partial charge in [0.2, 0.25) is 0 Å². The van der Waals surface area contributed by atoms with E-state index in [4.69, 9.17) is 4.74 Å². The van der Waals surface area contributed by atoms with Gasteiger partial charge in [0.15, 0.2) is 0 Å². The van der Waals surface area contributed by atoms with E-state index in [0.717, 1.165) is 10.9 Å². The van der Waals surface area contributed by atoms with Crippen molar-refractivity contribution in [3.8, 4) is 0 Å². The molecule has 2 rings (SSSR count). The van der Waals surface area contributed by atoms with Crippen molar-refractivity contribution >= 4 is 16.9 Å². The Morgan fingerprint density at radius 2 is 2.13 bits per heavy atom. The summed E-state index contributed by atoms with van der Waals surface area (Å²) in [6, 6.07) is 5.67. The van der Waals surface area contributed by atoms with Gasteiger partial charge in [-0.15, -0.1) is 0 Å². The predicted octanol–water partition coefficient (Wildman–Crippen LogP) is 2.27. The third-order valence-electron chi connectivity index (χ3n) is 2.61. The molecular formula is C12H13NO2. The number of fused-ring (bicyclic) bond motifs is 1. The van der Waals surface area contributed by atoms with Crippen molar-refractivity contribution < 1.29 is 9.53 Å². The minimum atomic E-state index is -0.290. The lowest BCUT2D eigenvalue weighted by Crippen LogP contribution is -2.03. The molecule has 0 saturated carbocycles. The van der Waals surface area contributed by atoms with Gasteiger partial charge in [-0.05, 0) is 18.6 Å². The minimum Gasteiger partial charge on any atom is -0.465 e. The molecule has 0 spiro atoms. The zero-order valence-electron chi connectivity index (χ0n) is 9.07. The second-order valence-corrected chi connectivity index (χ2v) is 3.62. The summed E-state index contributed by atoms with van der Waals surface area (Å²) in [5, 5.41) is 1.10. The summed E-state index contributed by atoms with van der Waals surface area (Å²) in [6.45, 7) is 2.03. The first-order valence-electron chi connectivity index (χ1n) is 4.78. The lowest BCUT2D eigenvalue weighted by Gasteiger charge is -2.03. The lowest BCUT2D eigenvalue weighted by molar-refractivity contribution is 0.0602. The number of hydrogen-bond donors (Lipinski definition) is 0. The Labute approximate surface area is 88.3 Å². The smallest absolute Gasteiger partial charge is 0.340 e. The van der Waals surface area contributed by atoms with E-state index in [9.17, 15) is 4.79 Å². The lowest BCUT2D eigenvalue weighted by atomic mass is 10.1. The number of para-hydroxylation sites is 1. The van der Waals surface area contributed by atoms with Gasteiger partial charge in [-0.2, -0.15) is 0 Å². The van der Waals surface area contributed by atoms with Gasteiger partial charge >= 0.3 is 5.97 Å². The average Bonchev–Trinajstić information content (AvgIpc) is 2.54. The summed E-state index contributed by atoms with van der Waals surface area (Å²) in [4.78, 5) is 11.6. The molecule has 1 aromatic carbocycles. The summed E-state index contributed by atoms with van der Waals surface area (Å²) in [5.74, 6) is -0.290.